The molecule has 36 heavy (non-hydrogen) atoms. The molecule has 4 aromatic rings. The largest absolute Gasteiger partial charge is 0.384 e. The van der Waals surface area contributed by atoms with Gasteiger partial charge < -0.3 is 5.73 Å². The zero-order valence-electron chi connectivity index (χ0n) is 21.4. The molecule has 6 nitrogen and oxygen atoms in total. The van der Waals surface area contributed by atoms with Crippen LogP contribution in [0.15, 0.2) is 79.3 Å². The third-order valence-corrected chi connectivity index (χ3v) is 6.86. The Balaban J connectivity index is 1.31. The van der Waals surface area contributed by atoms with Gasteiger partial charge in [0.15, 0.2) is 0 Å². The van der Waals surface area contributed by atoms with Crippen LogP contribution in [-0.4, -0.2) is 56.5 Å². The van der Waals surface area contributed by atoms with Crippen LogP contribution in [0.25, 0.3) is 33.6 Å². The third-order valence-electron chi connectivity index (χ3n) is 6.86. The number of nitrogen functional groups attached to an aromatic ring is 1. The number of hydrogen-bond donors (Lipinski definition) is 1. The molecular weight excluding hydrogens is 444 g/mol. The fourth-order valence-corrected chi connectivity index (χ4v) is 4.76. The number of piperazine rings is 1. The minimum Gasteiger partial charge on any atom is -0.384 e. The summed E-state index contributed by atoms with van der Waals surface area (Å²) in [6.45, 7) is 12.4. The van der Waals surface area contributed by atoms with E-state index in [1.165, 1.54) is 5.56 Å². The number of rotatable bonds is 5. The van der Waals surface area contributed by atoms with E-state index in [1.807, 2.05) is 42.7 Å². The van der Waals surface area contributed by atoms with Gasteiger partial charge in [-0.15, -0.1) is 0 Å². The van der Waals surface area contributed by atoms with Crippen molar-refractivity contribution in [1.82, 2.24) is 24.8 Å². The van der Waals surface area contributed by atoms with Crippen molar-refractivity contribution < 1.29 is 0 Å². The van der Waals surface area contributed by atoms with E-state index >= 15 is 0 Å². The summed E-state index contributed by atoms with van der Waals surface area (Å²) in [7, 11) is 0. The molecule has 184 valence electrons. The predicted octanol–water partition coefficient (Wildman–Crippen LogP) is 5.37. The third kappa shape index (κ3) is 5.61. The topological polar surface area (TPSA) is 71.2 Å². The van der Waals surface area contributed by atoms with Gasteiger partial charge in [-0.3, -0.25) is 19.8 Å². The second kappa shape index (κ2) is 10.2. The molecule has 0 saturated carbocycles. The van der Waals surface area contributed by atoms with Gasteiger partial charge in [-0.2, -0.15) is 0 Å². The van der Waals surface area contributed by atoms with Crippen molar-refractivity contribution in [2.45, 2.75) is 32.9 Å². The van der Waals surface area contributed by atoms with Crippen molar-refractivity contribution in [3.8, 4) is 33.6 Å². The fraction of sp³-hybridized carbons (Fsp3) is 0.300. The van der Waals surface area contributed by atoms with Gasteiger partial charge in [-0.1, -0.05) is 30.3 Å². The lowest BCUT2D eigenvalue weighted by Gasteiger charge is -2.42. The van der Waals surface area contributed by atoms with Crippen LogP contribution in [0.5, 0.6) is 0 Å². The molecule has 0 atom stereocenters. The number of nitrogens with two attached hydrogens (primary N) is 1. The molecule has 0 radical (unpaired) electrons. The van der Waals surface area contributed by atoms with Crippen LogP contribution in [0.3, 0.4) is 0 Å². The maximum absolute atomic E-state index is 6.14. The second-order valence-electron chi connectivity index (χ2n) is 10.5. The minimum absolute atomic E-state index is 0.248. The molecule has 3 aromatic heterocycles. The van der Waals surface area contributed by atoms with E-state index in [0.717, 1.165) is 66.4 Å². The van der Waals surface area contributed by atoms with Crippen LogP contribution in [0, 0.1) is 0 Å². The maximum atomic E-state index is 6.14. The smallest absolute Gasteiger partial charge is 0.124 e. The molecule has 1 fully saturated rings. The van der Waals surface area contributed by atoms with Gasteiger partial charge >= 0.3 is 0 Å². The summed E-state index contributed by atoms with van der Waals surface area (Å²) in [6.07, 6.45) is 5.54. The summed E-state index contributed by atoms with van der Waals surface area (Å²) in [5, 5.41) is 0. The van der Waals surface area contributed by atoms with Crippen LogP contribution >= 0.6 is 0 Å². The van der Waals surface area contributed by atoms with E-state index in [4.69, 9.17) is 5.73 Å². The van der Waals surface area contributed by atoms with Crippen LogP contribution in [0.2, 0.25) is 0 Å². The Hall–Kier alpha value is -3.61. The van der Waals surface area contributed by atoms with Gasteiger partial charge in [0.2, 0.25) is 0 Å². The molecular formula is C30H34N6. The summed E-state index contributed by atoms with van der Waals surface area (Å²) < 4.78 is 0. The van der Waals surface area contributed by atoms with Gasteiger partial charge in [0.1, 0.15) is 5.82 Å². The Morgan fingerprint density at radius 3 is 2.17 bits per heavy atom. The highest BCUT2D eigenvalue weighted by Gasteiger charge is 2.25. The van der Waals surface area contributed by atoms with Gasteiger partial charge in [0.05, 0.1) is 11.4 Å². The monoisotopic (exact) mass is 478 g/mol. The first-order chi connectivity index (χ1) is 17.3. The molecule has 0 spiro atoms. The van der Waals surface area contributed by atoms with Gasteiger partial charge in [0, 0.05) is 68.0 Å². The second-order valence-corrected chi connectivity index (χ2v) is 10.5. The number of nitrogens with zero attached hydrogens (tertiary/aromatic N) is 5. The molecule has 5 rings (SSSR count). The van der Waals surface area contributed by atoms with Crippen molar-refractivity contribution in [2.75, 3.05) is 31.9 Å². The van der Waals surface area contributed by atoms with Gasteiger partial charge in [-0.25, -0.2) is 4.98 Å². The highest BCUT2D eigenvalue weighted by Crippen LogP contribution is 2.29. The number of benzene rings is 1. The Kier molecular flexibility index (Phi) is 6.81. The van der Waals surface area contributed by atoms with Gasteiger partial charge in [0.25, 0.3) is 0 Å². The Morgan fingerprint density at radius 2 is 1.50 bits per heavy atom. The zero-order valence-corrected chi connectivity index (χ0v) is 21.4. The molecule has 0 unspecified atom stereocenters. The Labute approximate surface area is 213 Å². The highest BCUT2D eigenvalue weighted by molar-refractivity contribution is 5.75. The minimum atomic E-state index is 0.248. The molecule has 1 saturated heterocycles. The van der Waals surface area contributed by atoms with E-state index in [9.17, 15) is 0 Å². The number of aromatic nitrogens is 3. The molecule has 6 heteroatoms. The lowest BCUT2D eigenvalue weighted by atomic mass is 10.0. The Bertz CT molecular complexity index is 1300. The van der Waals surface area contributed by atoms with E-state index in [0.29, 0.717) is 5.82 Å². The molecule has 0 bridgehead atoms. The van der Waals surface area contributed by atoms with Crippen molar-refractivity contribution in [1.29, 1.82) is 0 Å². The first-order valence-electron chi connectivity index (χ1n) is 12.6. The Morgan fingerprint density at radius 1 is 0.778 bits per heavy atom. The molecule has 0 aliphatic carbocycles. The summed E-state index contributed by atoms with van der Waals surface area (Å²) >= 11 is 0. The first-order valence-corrected chi connectivity index (χ1v) is 12.6. The molecule has 1 aromatic carbocycles. The van der Waals surface area contributed by atoms with Crippen molar-refractivity contribution >= 4 is 5.82 Å². The number of hydrogen-bond acceptors (Lipinski definition) is 6. The van der Waals surface area contributed by atoms with Crippen molar-refractivity contribution in [2.24, 2.45) is 0 Å². The number of anilines is 1. The molecule has 1 aliphatic rings. The lowest BCUT2D eigenvalue weighted by molar-refractivity contribution is 0.0591. The highest BCUT2D eigenvalue weighted by atomic mass is 15.3. The summed E-state index contributed by atoms with van der Waals surface area (Å²) in [5.41, 5.74) is 13.5. The molecule has 2 N–H and O–H groups in total. The summed E-state index contributed by atoms with van der Waals surface area (Å²) in [6, 6.07) is 20.7. The van der Waals surface area contributed by atoms with E-state index in [2.05, 4.69) is 75.9 Å². The summed E-state index contributed by atoms with van der Waals surface area (Å²) in [4.78, 5) is 18.5. The van der Waals surface area contributed by atoms with Crippen molar-refractivity contribution in [3.05, 3.63) is 84.8 Å². The normalized spacial score (nSPS) is 15.2. The average molecular weight is 479 g/mol. The summed E-state index contributed by atoms with van der Waals surface area (Å²) in [5.74, 6) is 0.464. The van der Waals surface area contributed by atoms with Crippen LogP contribution < -0.4 is 5.73 Å². The lowest BCUT2D eigenvalue weighted by Crippen LogP contribution is -2.53. The van der Waals surface area contributed by atoms with E-state index in [-0.39, 0.29) is 5.54 Å². The maximum Gasteiger partial charge on any atom is 0.124 e. The number of pyridine rings is 3. The average Bonchev–Trinajstić information content (AvgIpc) is 2.89. The van der Waals surface area contributed by atoms with Crippen LogP contribution in [-0.2, 0) is 6.54 Å². The fourth-order valence-electron chi connectivity index (χ4n) is 4.76. The molecule has 4 heterocycles. The molecule has 0 amide bonds. The van der Waals surface area contributed by atoms with Gasteiger partial charge in [-0.05, 0) is 67.8 Å². The van der Waals surface area contributed by atoms with E-state index in [1.54, 1.807) is 6.20 Å². The predicted molar refractivity (Wildman–Crippen MR) is 147 cm³/mol. The quantitative estimate of drug-likeness (QED) is 0.416. The van der Waals surface area contributed by atoms with Crippen LogP contribution in [0.4, 0.5) is 5.82 Å². The standard InChI is InChI=1S/C30H34N6/c1-30(2,3)36-14-12-35(13-15-36)21-22-7-9-23(10-8-22)25-16-26(20-32-19-25)24-17-28(34-29(31)18-24)27-6-4-5-11-33-27/h4-11,16-20H,12-15,21H2,1-3H3,(H2,31,34). The SMILES string of the molecule is CC(C)(C)N1CCN(Cc2ccc(-c3cncc(-c4cc(N)nc(-c5ccccn5)c4)c3)cc2)CC1. The molecule has 1 aliphatic heterocycles. The van der Waals surface area contributed by atoms with E-state index < -0.39 is 0 Å². The first kappa shape index (κ1) is 24.1. The zero-order chi connectivity index (χ0) is 25.1. The van der Waals surface area contributed by atoms with Crippen LogP contribution in [0.1, 0.15) is 26.3 Å². The van der Waals surface area contributed by atoms with Crippen molar-refractivity contribution in [3.63, 3.8) is 0 Å².